The van der Waals surface area contributed by atoms with Crippen molar-refractivity contribution in [1.82, 2.24) is 9.97 Å². The molecule has 90 valence electrons. The Hall–Kier alpha value is -2.74. The van der Waals surface area contributed by atoms with Gasteiger partial charge in [0.05, 0.1) is 0 Å². The van der Waals surface area contributed by atoms with Gasteiger partial charge in [-0.3, -0.25) is 0 Å². The summed E-state index contributed by atoms with van der Waals surface area (Å²) in [4.78, 5) is 7.86. The summed E-state index contributed by atoms with van der Waals surface area (Å²) in [5.41, 5.74) is 6.37. The number of ether oxygens (including phenoxy) is 1. The molecule has 0 radical (unpaired) electrons. The Morgan fingerprint density at radius 2 is 2.06 bits per heavy atom. The zero-order chi connectivity index (χ0) is 12.8. The fraction of sp³-hybridized carbons (Fsp3) is 0.0769. The Bertz CT molecular complexity index is 560. The molecule has 0 aliphatic heterocycles. The Morgan fingerprint density at radius 3 is 2.72 bits per heavy atom. The van der Waals surface area contributed by atoms with E-state index in [2.05, 4.69) is 21.2 Å². The van der Waals surface area contributed by atoms with E-state index in [1.165, 1.54) is 0 Å². The van der Waals surface area contributed by atoms with Crippen LogP contribution in [0.15, 0.2) is 36.5 Å². The van der Waals surface area contributed by atoms with E-state index in [1.54, 1.807) is 12.3 Å². The van der Waals surface area contributed by atoms with Gasteiger partial charge in [0.25, 0.3) is 0 Å². The first-order chi connectivity index (χ1) is 8.78. The van der Waals surface area contributed by atoms with Crippen LogP contribution in [0, 0.1) is 12.3 Å². The predicted octanol–water partition coefficient (Wildman–Crippen LogP) is 1.81. The predicted molar refractivity (Wildman–Crippen MR) is 70.5 cm³/mol. The van der Waals surface area contributed by atoms with Crippen LogP contribution >= 0.6 is 0 Å². The van der Waals surface area contributed by atoms with Crippen LogP contribution in [0.3, 0.4) is 0 Å². The number of anilines is 3. The SMILES string of the molecule is C#CCOc1ccc(Nc2ccnc(N)n2)cc1. The standard InChI is InChI=1S/C13H12N4O/c1-2-9-18-11-5-3-10(4-6-11)16-12-7-8-15-13(14)17-12/h1,3-8H,9H2,(H3,14,15,16,17). The highest BCUT2D eigenvalue weighted by molar-refractivity contribution is 5.57. The second-order valence-corrected chi connectivity index (χ2v) is 3.44. The molecule has 0 fully saturated rings. The summed E-state index contributed by atoms with van der Waals surface area (Å²) in [5, 5.41) is 3.10. The lowest BCUT2D eigenvalue weighted by Gasteiger charge is -2.07. The Kier molecular flexibility index (Phi) is 3.62. The molecule has 0 amide bonds. The van der Waals surface area contributed by atoms with Crippen molar-refractivity contribution in [2.45, 2.75) is 0 Å². The molecular weight excluding hydrogens is 228 g/mol. The van der Waals surface area contributed by atoms with Gasteiger partial charge < -0.3 is 15.8 Å². The van der Waals surface area contributed by atoms with Crippen molar-refractivity contribution in [3.63, 3.8) is 0 Å². The second-order valence-electron chi connectivity index (χ2n) is 3.44. The summed E-state index contributed by atoms with van der Waals surface area (Å²) in [6.07, 6.45) is 6.70. The van der Waals surface area contributed by atoms with Gasteiger partial charge in [-0.25, -0.2) is 4.98 Å². The third-order valence-corrected chi connectivity index (χ3v) is 2.12. The highest BCUT2D eigenvalue weighted by atomic mass is 16.5. The van der Waals surface area contributed by atoms with E-state index in [9.17, 15) is 0 Å². The normalized spacial score (nSPS) is 9.50. The molecule has 0 unspecified atom stereocenters. The molecule has 0 bridgehead atoms. The van der Waals surface area contributed by atoms with E-state index < -0.39 is 0 Å². The molecule has 1 heterocycles. The number of nitrogens with zero attached hydrogens (tertiary/aromatic N) is 2. The highest BCUT2D eigenvalue weighted by Gasteiger charge is 1.98. The monoisotopic (exact) mass is 240 g/mol. The van der Waals surface area contributed by atoms with E-state index >= 15 is 0 Å². The van der Waals surface area contributed by atoms with E-state index in [4.69, 9.17) is 16.9 Å². The summed E-state index contributed by atoms with van der Waals surface area (Å²) in [7, 11) is 0. The number of nitrogens with one attached hydrogen (secondary N) is 1. The number of rotatable bonds is 4. The summed E-state index contributed by atoms with van der Waals surface area (Å²) in [6, 6.07) is 9.11. The van der Waals surface area contributed by atoms with Crippen LogP contribution in [-0.4, -0.2) is 16.6 Å². The first kappa shape index (κ1) is 11.7. The third-order valence-electron chi connectivity index (χ3n) is 2.12. The number of hydrogen-bond acceptors (Lipinski definition) is 5. The van der Waals surface area contributed by atoms with Gasteiger partial charge in [-0.2, -0.15) is 4.98 Å². The second kappa shape index (κ2) is 5.55. The van der Waals surface area contributed by atoms with Crippen LogP contribution in [0.25, 0.3) is 0 Å². The number of benzene rings is 1. The number of nitrogens with two attached hydrogens (primary N) is 1. The minimum atomic E-state index is 0.231. The van der Waals surface area contributed by atoms with Crippen molar-refractivity contribution in [2.75, 3.05) is 17.7 Å². The van der Waals surface area contributed by atoms with Crippen molar-refractivity contribution >= 4 is 17.5 Å². The van der Waals surface area contributed by atoms with E-state index in [0.29, 0.717) is 5.82 Å². The molecule has 3 N–H and O–H groups in total. The van der Waals surface area contributed by atoms with Gasteiger partial charge in [-0.1, -0.05) is 5.92 Å². The van der Waals surface area contributed by atoms with Crippen LogP contribution in [0.2, 0.25) is 0 Å². The molecule has 1 aromatic carbocycles. The Morgan fingerprint density at radius 1 is 1.28 bits per heavy atom. The molecule has 5 nitrogen and oxygen atoms in total. The zero-order valence-electron chi connectivity index (χ0n) is 9.63. The first-order valence-electron chi connectivity index (χ1n) is 5.30. The average molecular weight is 240 g/mol. The summed E-state index contributed by atoms with van der Waals surface area (Å²) >= 11 is 0. The highest BCUT2D eigenvalue weighted by Crippen LogP contribution is 2.18. The van der Waals surface area contributed by atoms with E-state index in [-0.39, 0.29) is 12.6 Å². The van der Waals surface area contributed by atoms with Crippen LogP contribution in [0.4, 0.5) is 17.5 Å². The van der Waals surface area contributed by atoms with Gasteiger partial charge in [0, 0.05) is 11.9 Å². The topological polar surface area (TPSA) is 73.1 Å². The summed E-state index contributed by atoms with van der Waals surface area (Å²) in [5.74, 6) is 4.00. The molecule has 0 atom stereocenters. The molecular formula is C13H12N4O. The van der Waals surface area contributed by atoms with Crippen molar-refractivity contribution in [1.29, 1.82) is 0 Å². The molecule has 18 heavy (non-hydrogen) atoms. The molecule has 5 heteroatoms. The lowest BCUT2D eigenvalue weighted by molar-refractivity contribution is 0.370. The molecule has 0 saturated heterocycles. The van der Waals surface area contributed by atoms with Crippen molar-refractivity contribution in [2.24, 2.45) is 0 Å². The first-order valence-corrected chi connectivity index (χ1v) is 5.30. The fourth-order valence-electron chi connectivity index (χ4n) is 1.35. The zero-order valence-corrected chi connectivity index (χ0v) is 9.63. The lowest BCUT2D eigenvalue weighted by atomic mass is 10.3. The maximum Gasteiger partial charge on any atom is 0.221 e. The smallest absolute Gasteiger partial charge is 0.221 e. The van der Waals surface area contributed by atoms with Crippen LogP contribution in [0.1, 0.15) is 0 Å². The Balaban J connectivity index is 2.04. The fourth-order valence-corrected chi connectivity index (χ4v) is 1.35. The van der Waals surface area contributed by atoms with Gasteiger partial charge in [0.1, 0.15) is 18.2 Å². The van der Waals surface area contributed by atoms with Gasteiger partial charge >= 0.3 is 0 Å². The average Bonchev–Trinajstić information content (AvgIpc) is 2.38. The number of hydrogen-bond donors (Lipinski definition) is 2. The van der Waals surface area contributed by atoms with Crippen LogP contribution in [-0.2, 0) is 0 Å². The molecule has 0 aliphatic rings. The maximum atomic E-state index is 5.49. The lowest BCUT2D eigenvalue weighted by Crippen LogP contribution is -1.99. The molecule has 0 aliphatic carbocycles. The van der Waals surface area contributed by atoms with Gasteiger partial charge in [-0.05, 0) is 30.3 Å². The van der Waals surface area contributed by atoms with Gasteiger partial charge in [0.15, 0.2) is 0 Å². The minimum absolute atomic E-state index is 0.231. The number of terminal acetylenes is 1. The summed E-state index contributed by atoms with van der Waals surface area (Å²) < 4.78 is 5.27. The largest absolute Gasteiger partial charge is 0.481 e. The van der Waals surface area contributed by atoms with Crippen molar-refractivity contribution < 1.29 is 4.74 Å². The van der Waals surface area contributed by atoms with E-state index in [0.717, 1.165) is 11.4 Å². The van der Waals surface area contributed by atoms with Gasteiger partial charge in [-0.15, -0.1) is 6.42 Å². The van der Waals surface area contributed by atoms with E-state index in [1.807, 2.05) is 24.3 Å². The maximum absolute atomic E-state index is 5.49. The minimum Gasteiger partial charge on any atom is -0.481 e. The van der Waals surface area contributed by atoms with Crippen molar-refractivity contribution in [3.8, 4) is 18.1 Å². The molecule has 1 aromatic heterocycles. The Labute approximate surface area is 105 Å². The summed E-state index contributed by atoms with van der Waals surface area (Å²) in [6.45, 7) is 0.259. The van der Waals surface area contributed by atoms with Gasteiger partial charge in [0.2, 0.25) is 5.95 Å². The molecule has 2 aromatic rings. The van der Waals surface area contributed by atoms with Crippen LogP contribution in [0.5, 0.6) is 5.75 Å². The molecule has 2 rings (SSSR count). The number of aromatic nitrogens is 2. The number of nitrogen functional groups attached to an aromatic ring is 1. The third kappa shape index (κ3) is 3.12. The molecule has 0 saturated carbocycles. The quantitative estimate of drug-likeness (QED) is 0.797. The molecule has 0 spiro atoms. The van der Waals surface area contributed by atoms with Crippen LogP contribution < -0.4 is 15.8 Å². The van der Waals surface area contributed by atoms with Crippen molar-refractivity contribution in [3.05, 3.63) is 36.5 Å².